The molecular formula is C30H34Br2ClN3O4. The van der Waals surface area contributed by atoms with Crippen molar-refractivity contribution in [3.8, 4) is 5.75 Å². The predicted molar refractivity (Wildman–Crippen MR) is 167 cm³/mol. The molecule has 214 valence electrons. The van der Waals surface area contributed by atoms with Crippen LogP contribution >= 0.6 is 44.3 Å². The van der Waals surface area contributed by atoms with Crippen LogP contribution in [0.2, 0.25) is 0 Å². The van der Waals surface area contributed by atoms with Gasteiger partial charge in [0.05, 0.1) is 18.8 Å². The third kappa shape index (κ3) is 9.04. The van der Waals surface area contributed by atoms with E-state index in [1.54, 1.807) is 23.1 Å². The van der Waals surface area contributed by atoms with E-state index >= 15 is 0 Å². The van der Waals surface area contributed by atoms with Crippen LogP contribution in [0.5, 0.6) is 5.75 Å². The molecular weight excluding hydrogens is 662 g/mol. The first-order valence-corrected chi connectivity index (χ1v) is 14.7. The lowest BCUT2D eigenvalue weighted by atomic mass is 10.00. The van der Waals surface area contributed by atoms with Gasteiger partial charge in [-0.15, -0.1) is 12.4 Å². The molecule has 0 bridgehead atoms. The minimum absolute atomic E-state index is 0. The van der Waals surface area contributed by atoms with Crippen LogP contribution in [0.3, 0.4) is 0 Å². The second-order valence-electron chi connectivity index (χ2n) is 9.54. The Morgan fingerprint density at radius 2 is 1.77 bits per heavy atom. The summed E-state index contributed by atoms with van der Waals surface area (Å²) in [5.74, 6) is 0.234. The number of carbonyl (C=O) groups is 2. The first-order chi connectivity index (χ1) is 18.8. The summed E-state index contributed by atoms with van der Waals surface area (Å²) in [6, 6.07) is 20.4. The lowest BCUT2D eigenvalue weighted by molar-refractivity contribution is -0.117. The average molecular weight is 696 g/mol. The summed E-state index contributed by atoms with van der Waals surface area (Å²) in [6.07, 6.45) is 0.893. The van der Waals surface area contributed by atoms with Gasteiger partial charge in [0, 0.05) is 52.3 Å². The summed E-state index contributed by atoms with van der Waals surface area (Å²) in [4.78, 5) is 27.6. The molecule has 4 rings (SSSR count). The minimum atomic E-state index is -0.848. The third-order valence-electron chi connectivity index (χ3n) is 6.53. The van der Waals surface area contributed by atoms with Crippen LogP contribution < -0.4 is 20.3 Å². The van der Waals surface area contributed by atoms with Gasteiger partial charge in [0.25, 0.3) is 5.91 Å². The number of ether oxygens (including phenoxy) is 1. The minimum Gasteiger partial charge on any atom is -0.494 e. The number of nitrogens with zero attached hydrogens (tertiary/aromatic N) is 1. The molecule has 10 heteroatoms. The van der Waals surface area contributed by atoms with E-state index in [-0.39, 0.29) is 30.8 Å². The molecule has 2 amide bonds. The van der Waals surface area contributed by atoms with Crippen LogP contribution in [0.15, 0.2) is 75.7 Å². The van der Waals surface area contributed by atoms with Gasteiger partial charge in [-0.2, -0.15) is 0 Å². The summed E-state index contributed by atoms with van der Waals surface area (Å²) in [5.41, 5.74) is 3.09. The van der Waals surface area contributed by atoms with E-state index in [1.165, 1.54) is 0 Å². The number of carbonyl (C=O) groups excluding carboxylic acids is 2. The van der Waals surface area contributed by atoms with E-state index in [0.29, 0.717) is 49.5 Å². The number of hydrogen-bond acceptors (Lipinski definition) is 5. The average Bonchev–Trinajstić information content (AvgIpc) is 3.34. The van der Waals surface area contributed by atoms with Crippen LogP contribution in [-0.4, -0.2) is 48.8 Å². The number of hydrogen-bond donors (Lipinski definition) is 3. The van der Waals surface area contributed by atoms with Crippen LogP contribution in [0, 0.1) is 0 Å². The smallest absolute Gasteiger partial charge is 0.251 e. The van der Waals surface area contributed by atoms with Gasteiger partial charge < -0.3 is 25.4 Å². The Labute approximate surface area is 258 Å². The van der Waals surface area contributed by atoms with Crippen molar-refractivity contribution >= 4 is 61.8 Å². The van der Waals surface area contributed by atoms with Gasteiger partial charge in [-0.3, -0.25) is 9.59 Å². The highest BCUT2D eigenvalue weighted by Crippen LogP contribution is 2.28. The molecule has 2 atom stereocenters. The van der Waals surface area contributed by atoms with Crippen molar-refractivity contribution in [1.82, 2.24) is 10.6 Å². The van der Waals surface area contributed by atoms with E-state index in [0.717, 1.165) is 26.5 Å². The standard InChI is InChI=1S/C30H33Br2N3O4.ClH/c1-2-39-26-15-22(14-25(17-26)35-10-6-9-29(35)37)30(38)34-27(13-20-7-4-3-5-8-20)28(36)19-33-18-21-11-23(31)16-24(32)12-21;/h3-5,7-8,11-12,14-17,27-28,33,36H,2,6,9-10,13,18-19H2,1H3,(H,34,38);1H/t27-,28-;/m0./s1. The molecule has 1 fully saturated rings. The number of aliphatic hydroxyl groups excluding tert-OH is 1. The van der Waals surface area contributed by atoms with Gasteiger partial charge in [0.1, 0.15) is 5.75 Å². The Morgan fingerprint density at radius 3 is 2.42 bits per heavy atom. The number of nitrogens with one attached hydrogen (secondary N) is 2. The molecule has 0 unspecified atom stereocenters. The lowest BCUT2D eigenvalue weighted by Gasteiger charge is -2.25. The number of halogens is 3. The van der Waals surface area contributed by atoms with Crippen molar-refractivity contribution in [2.75, 3.05) is 24.6 Å². The van der Waals surface area contributed by atoms with Crippen molar-refractivity contribution in [1.29, 1.82) is 0 Å². The summed E-state index contributed by atoms with van der Waals surface area (Å²) in [5, 5.41) is 17.5. The molecule has 0 saturated carbocycles. The maximum Gasteiger partial charge on any atom is 0.251 e. The zero-order valence-corrected chi connectivity index (χ0v) is 26.2. The molecule has 0 radical (unpaired) electrons. The highest BCUT2D eigenvalue weighted by molar-refractivity contribution is 9.11. The maximum absolute atomic E-state index is 13.5. The van der Waals surface area contributed by atoms with E-state index in [9.17, 15) is 14.7 Å². The Bertz CT molecular complexity index is 1270. The second-order valence-corrected chi connectivity index (χ2v) is 11.4. The summed E-state index contributed by atoms with van der Waals surface area (Å²) < 4.78 is 7.64. The first kappa shape index (κ1) is 32.1. The highest BCUT2D eigenvalue weighted by Gasteiger charge is 2.26. The Morgan fingerprint density at radius 1 is 1.05 bits per heavy atom. The van der Waals surface area contributed by atoms with Crippen molar-refractivity contribution in [2.45, 2.75) is 44.9 Å². The van der Waals surface area contributed by atoms with Crippen molar-refractivity contribution in [3.63, 3.8) is 0 Å². The molecule has 1 saturated heterocycles. The van der Waals surface area contributed by atoms with Gasteiger partial charge in [-0.1, -0.05) is 62.2 Å². The van der Waals surface area contributed by atoms with Crippen molar-refractivity contribution in [3.05, 3.63) is 92.4 Å². The van der Waals surface area contributed by atoms with E-state index in [2.05, 4.69) is 42.5 Å². The Balaban J connectivity index is 0.00000441. The maximum atomic E-state index is 13.5. The molecule has 1 aliphatic heterocycles. The zero-order chi connectivity index (χ0) is 27.8. The fraction of sp³-hybridized carbons (Fsp3) is 0.333. The van der Waals surface area contributed by atoms with E-state index < -0.39 is 12.1 Å². The molecule has 3 N–H and O–H groups in total. The highest BCUT2D eigenvalue weighted by atomic mass is 79.9. The molecule has 40 heavy (non-hydrogen) atoms. The summed E-state index contributed by atoms with van der Waals surface area (Å²) in [6.45, 7) is 3.78. The number of anilines is 1. The van der Waals surface area contributed by atoms with Gasteiger partial charge in [0.15, 0.2) is 0 Å². The number of amides is 2. The van der Waals surface area contributed by atoms with Crippen molar-refractivity contribution in [2.24, 2.45) is 0 Å². The van der Waals surface area contributed by atoms with Gasteiger partial charge >= 0.3 is 0 Å². The molecule has 3 aromatic carbocycles. The molecule has 0 aliphatic carbocycles. The quantitative estimate of drug-likeness (QED) is 0.228. The van der Waals surface area contributed by atoms with E-state index in [1.807, 2.05) is 55.5 Å². The zero-order valence-electron chi connectivity index (χ0n) is 22.2. The molecule has 7 nitrogen and oxygen atoms in total. The fourth-order valence-corrected chi connectivity index (χ4v) is 6.05. The third-order valence-corrected chi connectivity index (χ3v) is 7.45. The normalized spacial score (nSPS) is 14.4. The number of rotatable bonds is 12. The van der Waals surface area contributed by atoms with Gasteiger partial charge in [-0.25, -0.2) is 0 Å². The molecule has 0 aromatic heterocycles. The van der Waals surface area contributed by atoms with Crippen LogP contribution in [0.4, 0.5) is 5.69 Å². The number of benzene rings is 3. The largest absolute Gasteiger partial charge is 0.494 e. The van der Waals surface area contributed by atoms with Gasteiger partial charge in [-0.05, 0) is 61.2 Å². The van der Waals surface area contributed by atoms with Crippen LogP contribution in [0.1, 0.15) is 41.3 Å². The van der Waals surface area contributed by atoms with Crippen molar-refractivity contribution < 1.29 is 19.4 Å². The number of aliphatic hydroxyl groups is 1. The molecule has 3 aromatic rings. The predicted octanol–water partition coefficient (Wildman–Crippen LogP) is 5.65. The summed E-state index contributed by atoms with van der Waals surface area (Å²) >= 11 is 7.01. The Kier molecular flexibility index (Phi) is 12.5. The monoisotopic (exact) mass is 693 g/mol. The Hall–Kier alpha value is -2.43. The van der Waals surface area contributed by atoms with Crippen LogP contribution in [0.25, 0.3) is 0 Å². The first-order valence-electron chi connectivity index (χ1n) is 13.1. The van der Waals surface area contributed by atoms with Gasteiger partial charge in [0.2, 0.25) is 5.91 Å². The second kappa shape index (κ2) is 15.5. The molecule has 0 spiro atoms. The topological polar surface area (TPSA) is 90.9 Å². The lowest BCUT2D eigenvalue weighted by Crippen LogP contribution is -2.48. The molecule has 1 heterocycles. The van der Waals surface area contributed by atoms with E-state index in [4.69, 9.17) is 4.74 Å². The fourth-order valence-electron chi connectivity index (χ4n) is 4.66. The summed E-state index contributed by atoms with van der Waals surface area (Å²) in [7, 11) is 0. The SMILES string of the molecule is CCOc1cc(C(=O)N[C@@H](Cc2ccccc2)[C@@H](O)CNCc2cc(Br)cc(Br)c2)cc(N2CCCC2=O)c1.Cl. The van der Waals surface area contributed by atoms with Crippen LogP contribution in [-0.2, 0) is 17.8 Å². The molecule has 1 aliphatic rings.